The van der Waals surface area contributed by atoms with E-state index in [1.807, 2.05) is 0 Å². The summed E-state index contributed by atoms with van der Waals surface area (Å²) in [5.74, 6) is 0.404. The average Bonchev–Trinajstić information content (AvgIpc) is 2.45. The Balaban J connectivity index is 2.39. The summed E-state index contributed by atoms with van der Waals surface area (Å²) in [5.41, 5.74) is 6.37. The van der Waals surface area contributed by atoms with Gasteiger partial charge in [0.05, 0.1) is 16.2 Å². The van der Waals surface area contributed by atoms with Crippen LogP contribution in [0.3, 0.4) is 0 Å². The van der Waals surface area contributed by atoms with Crippen LogP contribution in [-0.4, -0.2) is 28.0 Å². The van der Waals surface area contributed by atoms with Crippen molar-refractivity contribution in [2.45, 2.75) is 0 Å². The highest BCUT2D eigenvalue weighted by Gasteiger charge is 2.15. The van der Waals surface area contributed by atoms with Crippen LogP contribution in [0, 0.1) is 10.1 Å². The molecular weight excluding hydrogens is 246 g/mol. The van der Waals surface area contributed by atoms with Gasteiger partial charge < -0.3 is 11.1 Å². The summed E-state index contributed by atoms with van der Waals surface area (Å²) in [7, 11) is 0. The molecule has 0 aliphatic rings. The number of benzene rings is 1. The Morgan fingerprint density at radius 1 is 1.32 bits per heavy atom. The smallest absolute Gasteiger partial charge is 0.278 e. The molecule has 98 valence electrons. The predicted molar refractivity (Wildman–Crippen MR) is 71.7 cm³/mol. The molecule has 19 heavy (non-hydrogen) atoms. The van der Waals surface area contributed by atoms with Crippen molar-refractivity contribution in [3.05, 3.63) is 46.6 Å². The van der Waals surface area contributed by atoms with Gasteiger partial charge in [0, 0.05) is 25.4 Å². The molecule has 0 spiro atoms. The number of aromatic nitrogens is 2. The highest BCUT2D eigenvalue weighted by molar-refractivity contribution is 5.70. The molecule has 3 N–H and O–H groups in total. The fraction of sp³-hybridized carbons (Fsp3) is 0.167. The zero-order valence-corrected chi connectivity index (χ0v) is 10.1. The monoisotopic (exact) mass is 259 g/mol. The molecule has 0 saturated carbocycles. The lowest BCUT2D eigenvalue weighted by atomic mass is 10.1. The first-order chi connectivity index (χ1) is 9.22. The van der Waals surface area contributed by atoms with Gasteiger partial charge >= 0.3 is 0 Å². The summed E-state index contributed by atoms with van der Waals surface area (Å²) in [4.78, 5) is 18.8. The number of para-hydroxylation sites is 1. The maximum Gasteiger partial charge on any atom is 0.278 e. The topological polar surface area (TPSA) is 107 Å². The summed E-state index contributed by atoms with van der Waals surface area (Å²) < 4.78 is 0. The van der Waals surface area contributed by atoms with E-state index in [9.17, 15) is 10.1 Å². The maximum atomic E-state index is 11.0. The van der Waals surface area contributed by atoms with Gasteiger partial charge in [-0.1, -0.05) is 12.1 Å². The molecule has 1 heterocycles. The second-order valence-corrected chi connectivity index (χ2v) is 3.76. The van der Waals surface area contributed by atoms with Gasteiger partial charge in [-0.25, -0.2) is 9.97 Å². The van der Waals surface area contributed by atoms with Crippen LogP contribution in [0.5, 0.6) is 0 Å². The standard InChI is InChI=1S/C12H13N5O2/c13-6-8-15-12-14-7-5-10(16-12)9-3-1-2-4-11(9)17(18)19/h1-5,7H,6,8,13H2,(H,14,15,16). The molecule has 1 aromatic heterocycles. The number of nitro groups is 1. The van der Waals surface area contributed by atoms with Crippen molar-refractivity contribution in [1.82, 2.24) is 9.97 Å². The van der Waals surface area contributed by atoms with Crippen LogP contribution in [0.2, 0.25) is 0 Å². The van der Waals surface area contributed by atoms with Crippen molar-refractivity contribution in [2.75, 3.05) is 18.4 Å². The Labute approximate surface area is 109 Å². The van der Waals surface area contributed by atoms with Gasteiger partial charge in [-0.05, 0) is 12.1 Å². The molecule has 7 heteroatoms. The minimum Gasteiger partial charge on any atom is -0.353 e. The molecule has 0 atom stereocenters. The second kappa shape index (κ2) is 5.87. The van der Waals surface area contributed by atoms with Crippen LogP contribution >= 0.6 is 0 Å². The maximum absolute atomic E-state index is 11.0. The first-order valence-electron chi connectivity index (χ1n) is 5.73. The predicted octanol–water partition coefficient (Wildman–Crippen LogP) is 1.42. The minimum atomic E-state index is -0.426. The van der Waals surface area contributed by atoms with E-state index in [0.717, 1.165) is 0 Å². The molecule has 2 aromatic rings. The largest absolute Gasteiger partial charge is 0.353 e. The van der Waals surface area contributed by atoms with Gasteiger partial charge in [-0.15, -0.1) is 0 Å². The third kappa shape index (κ3) is 3.02. The first kappa shape index (κ1) is 12.9. The molecule has 0 unspecified atom stereocenters. The molecule has 0 aliphatic carbocycles. The molecule has 0 fully saturated rings. The van der Waals surface area contributed by atoms with Crippen LogP contribution in [0.1, 0.15) is 0 Å². The van der Waals surface area contributed by atoms with Crippen LogP contribution < -0.4 is 11.1 Å². The number of hydrogen-bond donors (Lipinski definition) is 2. The molecule has 2 rings (SSSR count). The highest BCUT2D eigenvalue weighted by Crippen LogP contribution is 2.27. The number of hydrogen-bond acceptors (Lipinski definition) is 6. The Hall–Kier alpha value is -2.54. The first-order valence-corrected chi connectivity index (χ1v) is 5.73. The Kier molecular flexibility index (Phi) is 3.99. The number of nitro benzene ring substituents is 1. The molecule has 0 saturated heterocycles. The van der Waals surface area contributed by atoms with Crippen molar-refractivity contribution in [2.24, 2.45) is 5.73 Å². The summed E-state index contributed by atoms with van der Waals surface area (Å²) in [6.45, 7) is 0.999. The molecule has 0 bridgehead atoms. The van der Waals surface area contributed by atoms with E-state index < -0.39 is 4.92 Å². The Morgan fingerprint density at radius 2 is 2.11 bits per heavy atom. The summed E-state index contributed by atoms with van der Waals surface area (Å²) >= 11 is 0. The van der Waals surface area contributed by atoms with Gasteiger partial charge in [-0.2, -0.15) is 0 Å². The molecule has 1 aromatic carbocycles. The number of rotatable bonds is 5. The quantitative estimate of drug-likeness (QED) is 0.621. The van der Waals surface area contributed by atoms with E-state index in [1.165, 1.54) is 6.07 Å². The lowest BCUT2D eigenvalue weighted by molar-refractivity contribution is -0.384. The fourth-order valence-corrected chi connectivity index (χ4v) is 1.63. The SMILES string of the molecule is NCCNc1nccc(-c2ccccc2[N+](=O)[O-])n1. The summed E-state index contributed by atoms with van der Waals surface area (Å²) in [6.07, 6.45) is 1.55. The van der Waals surface area contributed by atoms with Crippen molar-refractivity contribution in [1.29, 1.82) is 0 Å². The van der Waals surface area contributed by atoms with E-state index in [4.69, 9.17) is 5.73 Å². The number of anilines is 1. The molecule has 0 radical (unpaired) electrons. The van der Waals surface area contributed by atoms with Crippen LogP contribution in [0.25, 0.3) is 11.3 Å². The van der Waals surface area contributed by atoms with Gasteiger partial charge in [0.2, 0.25) is 5.95 Å². The number of nitrogens with two attached hydrogens (primary N) is 1. The van der Waals surface area contributed by atoms with Gasteiger partial charge in [-0.3, -0.25) is 10.1 Å². The van der Waals surface area contributed by atoms with E-state index in [1.54, 1.807) is 30.5 Å². The van der Waals surface area contributed by atoms with E-state index in [0.29, 0.717) is 30.3 Å². The molecular formula is C12H13N5O2. The van der Waals surface area contributed by atoms with Crippen LogP contribution in [0.15, 0.2) is 36.5 Å². The lowest BCUT2D eigenvalue weighted by Crippen LogP contribution is -2.14. The minimum absolute atomic E-state index is 0.0194. The van der Waals surface area contributed by atoms with Gasteiger partial charge in [0.15, 0.2) is 0 Å². The van der Waals surface area contributed by atoms with E-state index >= 15 is 0 Å². The van der Waals surface area contributed by atoms with E-state index in [-0.39, 0.29) is 5.69 Å². The highest BCUT2D eigenvalue weighted by atomic mass is 16.6. The molecule has 0 aliphatic heterocycles. The zero-order valence-electron chi connectivity index (χ0n) is 10.1. The Morgan fingerprint density at radius 3 is 2.84 bits per heavy atom. The van der Waals surface area contributed by atoms with Crippen molar-refractivity contribution >= 4 is 11.6 Å². The number of nitrogens with zero attached hydrogens (tertiary/aromatic N) is 3. The normalized spacial score (nSPS) is 10.2. The van der Waals surface area contributed by atoms with Gasteiger partial charge in [0.1, 0.15) is 0 Å². The average molecular weight is 259 g/mol. The number of nitrogens with one attached hydrogen (secondary N) is 1. The Bertz CT molecular complexity index is 588. The summed E-state index contributed by atoms with van der Waals surface area (Å²) in [6, 6.07) is 8.10. The fourth-order valence-electron chi connectivity index (χ4n) is 1.63. The van der Waals surface area contributed by atoms with Crippen LogP contribution in [-0.2, 0) is 0 Å². The third-order valence-electron chi connectivity index (χ3n) is 2.46. The van der Waals surface area contributed by atoms with Crippen molar-refractivity contribution < 1.29 is 4.92 Å². The molecule has 7 nitrogen and oxygen atoms in total. The van der Waals surface area contributed by atoms with Crippen molar-refractivity contribution in [3.8, 4) is 11.3 Å². The third-order valence-corrected chi connectivity index (χ3v) is 2.46. The summed E-state index contributed by atoms with van der Waals surface area (Å²) in [5, 5.41) is 13.9. The van der Waals surface area contributed by atoms with Gasteiger partial charge in [0.25, 0.3) is 5.69 Å². The zero-order chi connectivity index (χ0) is 13.7. The van der Waals surface area contributed by atoms with Crippen LogP contribution in [0.4, 0.5) is 11.6 Å². The van der Waals surface area contributed by atoms with E-state index in [2.05, 4.69) is 15.3 Å². The second-order valence-electron chi connectivity index (χ2n) is 3.76. The van der Waals surface area contributed by atoms with Crippen molar-refractivity contribution in [3.63, 3.8) is 0 Å². The molecule has 0 amide bonds. The lowest BCUT2D eigenvalue weighted by Gasteiger charge is -2.05.